The maximum atomic E-state index is 11.7. The van der Waals surface area contributed by atoms with Crippen LogP contribution in [0.1, 0.15) is 10.5 Å². The third kappa shape index (κ3) is 2.62. The van der Waals surface area contributed by atoms with E-state index in [9.17, 15) is 4.79 Å². The summed E-state index contributed by atoms with van der Waals surface area (Å²) in [6.07, 6.45) is 1.62. The molecule has 2 aromatic rings. The van der Waals surface area contributed by atoms with Gasteiger partial charge in [0.25, 0.3) is 5.91 Å². The highest BCUT2D eigenvalue weighted by atomic mass is 16.5. The second-order valence-electron chi connectivity index (χ2n) is 3.97. The lowest BCUT2D eigenvalue weighted by Crippen LogP contribution is -2.22. The summed E-state index contributed by atoms with van der Waals surface area (Å²) in [5, 5.41) is 4.14. The second-order valence-corrected chi connectivity index (χ2v) is 3.97. The Labute approximate surface area is 109 Å². The van der Waals surface area contributed by atoms with Crippen LogP contribution in [0.5, 0.6) is 5.88 Å². The fraction of sp³-hybridized carbons (Fsp3) is 0.273. The van der Waals surface area contributed by atoms with Gasteiger partial charge < -0.3 is 15.4 Å². The molecule has 2 aromatic heterocycles. The first-order valence-electron chi connectivity index (χ1n) is 5.47. The molecule has 2 N–H and O–H groups in total. The number of ether oxygens (including phenoxy) is 1. The molecule has 0 radical (unpaired) electrons. The van der Waals surface area contributed by atoms with Crippen molar-refractivity contribution in [3.05, 3.63) is 24.0 Å². The lowest BCUT2D eigenvalue weighted by molar-refractivity contribution is 0.0821. The molecule has 0 saturated carbocycles. The lowest BCUT2D eigenvalue weighted by Gasteiger charge is -2.07. The number of hydrogen-bond donors (Lipinski definition) is 1. The predicted molar refractivity (Wildman–Crippen MR) is 68.1 cm³/mol. The minimum atomic E-state index is -0.187. The molecule has 0 bridgehead atoms. The van der Waals surface area contributed by atoms with Crippen molar-refractivity contribution in [2.24, 2.45) is 0 Å². The molecule has 8 nitrogen and oxygen atoms in total. The van der Waals surface area contributed by atoms with E-state index in [1.165, 1.54) is 16.7 Å². The Morgan fingerprint density at radius 3 is 2.79 bits per heavy atom. The monoisotopic (exact) mass is 262 g/mol. The van der Waals surface area contributed by atoms with E-state index in [0.717, 1.165) is 0 Å². The molecule has 8 heteroatoms. The standard InChI is InChI=1S/C11H14N6O2/c1-16(2)10(18)7-4-5-17(15-7)8-6-9(19-3)14-11(12)13-8/h4-6H,1-3H3,(H2,12,13,14). The molecule has 100 valence electrons. The summed E-state index contributed by atoms with van der Waals surface area (Å²) in [5.74, 6) is 0.652. The molecule has 0 spiro atoms. The van der Waals surface area contributed by atoms with Gasteiger partial charge in [0.15, 0.2) is 11.5 Å². The molecule has 0 aliphatic heterocycles. The Hall–Kier alpha value is -2.64. The highest BCUT2D eigenvalue weighted by Gasteiger charge is 2.13. The average Bonchev–Trinajstić information content (AvgIpc) is 2.86. The zero-order chi connectivity index (χ0) is 14.0. The summed E-state index contributed by atoms with van der Waals surface area (Å²) in [6.45, 7) is 0. The van der Waals surface area contributed by atoms with Gasteiger partial charge in [-0.25, -0.2) is 4.68 Å². The van der Waals surface area contributed by atoms with E-state index in [-0.39, 0.29) is 11.9 Å². The summed E-state index contributed by atoms with van der Waals surface area (Å²) < 4.78 is 6.44. The van der Waals surface area contributed by atoms with E-state index >= 15 is 0 Å². The van der Waals surface area contributed by atoms with Crippen molar-refractivity contribution in [1.29, 1.82) is 0 Å². The third-order valence-electron chi connectivity index (χ3n) is 2.36. The Kier molecular flexibility index (Phi) is 3.32. The number of anilines is 1. The molecule has 0 atom stereocenters. The van der Waals surface area contributed by atoms with Gasteiger partial charge >= 0.3 is 0 Å². The van der Waals surface area contributed by atoms with E-state index in [2.05, 4.69) is 15.1 Å². The van der Waals surface area contributed by atoms with Crippen LogP contribution in [0.3, 0.4) is 0 Å². The molecule has 0 fully saturated rings. The average molecular weight is 262 g/mol. The van der Waals surface area contributed by atoms with Crippen molar-refractivity contribution in [2.75, 3.05) is 26.9 Å². The first-order chi connectivity index (χ1) is 9.01. The van der Waals surface area contributed by atoms with Gasteiger partial charge in [0.2, 0.25) is 11.8 Å². The van der Waals surface area contributed by atoms with Crippen molar-refractivity contribution in [3.8, 4) is 11.7 Å². The Morgan fingerprint density at radius 1 is 1.42 bits per heavy atom. The summed E-state index contributed by atoms with van der Waals surface area (Å²) in [6, 6.07) is 3.18. The zero-order valence-electron chi connectivity index (χ0n) is 10.9. The van der Waals surface area contributed by atoms with Gasteiger partial charge in [0, 0.05) is 26.4 Å². The predicted octanol–water partition coefficient (Wildman–Crippen LogP) is -0.0451. The molecule has 0 unspecified atom stereocenters. The van der Waals surface area contributed by atoms with E-state index in [1.54, 1.807) is 32.4 Å². The summed E-state index contributed by atoms with van der Waals surface area (Å²) in [7, 11) is 4.80. The van der Waals surface area contributed by atoms with E-state index < -0.39 is 0 Å². The molecule has 0 aliphatic rings. The molecule has 2 rings (SSSR count). The fourth-order valence-corrected chi connectivity index (χ4v) is 1.45. The maximum absolute atomic E-state index is 11.7. The van der Waals surface area contributed by atoms with Crippen LogP contribution in [0.25, 0.3) is 5.82 Å². The summed E-state index contributed by atoms with van der Waals surface area (Å²) in [5.41, 5.74) is 5.89. The molecule has 19 heavy (non-hydrogen) atoms. The number of nitrogens with zero attached hydrogens (tertiary/aromatic N) is 5. The molecule has 2 heterocycles. The third-order valence-corrected chi connectivity index (χ3v) is 2.36. The van der Waals surface area contributed by atoms with Crippen molar-refractivity contribution >= 4 is 11.9 Å². The zero-order valence-corrected chi connectivity index (χ0v) is 10.9. The normalized spacial score (nSPS) is 10.3. The minimum absolute atomic E-state index is 0.0744. The number of amides is 1. The minimum Gasteiger partial charge on any atom is -0.481 e. The lowest BCUT2D eigenvalue weighted by atomic mass is 10.4. The number of aromatic nitrogens is 4. The first kappa shape index (κ1) is 12.8. The number of hydrogen-bond acceptors (Lipinski definition) is 6. The van der Waals surface area contributed by atoms with Crippen LogP contribution in [-0.2, 0) is 0 Å². The quantitative estimate of drug-likeness (QED) is 0.832. The number of rotatable bonds is 3. The number of nitrogen functional groups attached to an aromatic ring is 1. The van der Waals surface area contributed by atoms with Crippen molar-refractivity contribution in [3.63, 3.8) is 0 Å². The topological polar surface area (TPSA) is 99.2 Å². The Bertz CT molecular complexity index is 607. The summed E-state index contributed by atoms with van der Waals surface area (Å²) in [4.78, 5) is 21.1. The van der Waals surface area contributed by atoms with Crippen molar-refractivity contribution < 1.29 is 9.53 Å². The van der Waals surface area contributed by atoms with E-state index in [1.807, 2.05) is 0 Å². The van der Waals surface area contributed by atoms with Crippen LogP contribution < -0.4 is 10.5 Å². The molecule has 0 aliphatic carbocycles. The number of carbonyl (C=O) groups is 1. The van der Waals surface area contributed by atoms with E-state index in [0.29, 0.717) is 17.4 Å². The smallest absolute Gasteiger partial charge is 0.273 e. The van der Waals surface area contributed by atoms with E-state index in [4.69, 9.17) is 10.5 Å². The van der Waals surface area contributed by atoms with Gasteiger partial charge in [0.05, 0.1) is 7.11 Å². The van der Waals surface area contributed by atoms with Gasteiger partial charge in [-0.05, 0) is 6.07 Å². The van der Waals surface area contributed by atoms with Crippen molar-refractivity contribution in [1.82, 2.24) is 24.6 Å². The van der Waals surface area contributed by atoms with Crippen LogP contribution in [0.2, 0.25) is 0 Å². The Morgan fingerprint density at radius 2 is 2.16 bits per heavy atom. The van der Waals surface area contributed by atoms with Crippen LogP contribution in [0.4, 0.5) is 5.95 Å². The van der Waals surface area contributed by atoms with Gasteiger partial charge in [0.1, 0.15) is 0 Å². The molecule has 0 saturated heterocycles. The van der Waals surface area contributed by atoms with Gasteiger partial charge in [-0.15, -0.1) is 0 Å². The largest absolute Gasteiger partial charge is 0.481 e. The highest BCUT2D eigenvalue weighted by molar-refractivity contribution is 5.91. The Balaban J connectivity index is 2.37. The van der Waals surface area contributed by atoms with Crippen LogP contribution in [0.15, 0.2) is 18.3 Å². The van der Waals surface area contributed by atoms with Crippen molar-refractivity contribution in [2.45, 2.75) is 0 Å². The molecular formula is C11H14N6O2. The van der Waals surface area contributed by atoms with Crippen LogP contribution in [0, 0.1) is 0 Å². The van der Waals surface area contributed by atoms with Gasteiger partial charge in [-0.2, -0.15) is 15.1 Å². The summed E-state index contributed by atoms with van der Waals surface area (Å²) >= 11 is 0. The van der Waals surface area contributed by atoms with Gasteiger partial charge in [-0.1, -0.05) is 0 Å². The SMILES string of the molecule is COc1cc(-n2ccc(C(=O)N(C)C)n2)nc(N)n1. The first-order valence-corrected chi connectivity index (χ1v) is 5.47. The molecule has 1 amide bonds. The highest BCUT2D eigenvalue weighted by Crippen LogP contribution is 2.13. The van der Waals surface area contributed by atoms with Crippen LogP contribution in [-0.4, -0.2) is 51.8 Å². The second kappa shape index (κ2) is 4.92. The van der Waals surface area contributed by atoms with Gasteiger partial charge in [-0.3, -0.25) is 4.79 Å². The number of carbonyl (C=O) groups excluding carboxylic acids is 1. The van der Waals surface area contributed by atoms with Crippen LogP contribution >= 0.6 is 0 Å². The molecular weight excluding hydrogens is 248 g/mol. The fourth-order valence-electron chi connectivity index (χ4n) is 1.45. The maximum Gasteiger partial charge on any atom is 0.273 e. The molecule has 0 aromatic carbocycles. The number of nitrogens with two attached hydrogens (primary N) is 1. The number of methoxy groups -OCH3 is 1.